The topological polar surface area (TPSA) is 226 Å². The summed E-state index contributed by atoms with van der Waals surface area (Å²) in [6.07, 6.45) is 15.6. The first-order valence-corrected chi connectivity index (χ1v) is 41.2. The van der Waals surface area contributed by atoms with E-state index in [1.54, 1.807) is 19.1 Å². The molecular formula is C93H122BrN3O14S. The Morgan fingerprint density at radius 1 is 0.527 bits per heavy atom. The number of aliphatic hydroxyl groups is 3. The van der Waals surface area contributed by atoms with Gasteiger partial charge in [0.2, 0.25) is 10.0 Å². The molecule has 5 aliphatic heterocycles. The van der Waals surface area contributed by atoms with Crippen LogP contribution in [0, 0.1) is 0 Å². The highest BCUT2D eigenvalue weighted by atomic mass is 79.9. The minimum absolute atomic E-state index is 0. The molecule has 13 rings (SSSR count). The van der Waals surface area contributed by atoms with Crippen LogP contribution in [0.25, 0.3) is 0 Å². The number of nitrogens with two attached hydrogens (primary N) is 1. The minimum Gasteiger partial charge on any atom is -0.466 e. The van der Waals surface area contributed by atoms with Crippen molar-refractivity contribution in [2.24, 2.45) is 5.14 Å². The zero-order chi connectivity index (χ0) is 79.9. The molecule has 0 amide bonds. The molecular weight excluding hydrogens is 1500 g/mol. The first-order chi connectivity index (χ1) is 54.0. The van der Waals surface area contributed by atoms with Crippen LogP contribution < -0.4 is 10.0 Å². The molecule has 17 nitrogen and oxygen atoms in total. The normalized spacial score (nSPS) is 16.5. The van der Waals surface area contributed by atoms with Gasteiger partial charge in [-0.15, -0.1) is 19.7 Å². The highest BCUT2D eigenvalue weighted by Gasteiger charge is 2.26. The van der Waals surface area contributed by atoms with Crippen LogP contribution in [0.1, 0.15) is 152 Å². The van der Waals surface area contributed by atoms with E-state index in [1.807, 2.05) is 142 Å². The molecule has 1 fully saturated rings. The van der Waals surface area contributed by atoms with Gasteiger partial charge in [0, 0.05) is 75.7 Å². The Bertz CT molecular complexity index is 4100. The number of fused-ring (bicyclic) bond motifs is 4. The Labute approximate surface area is 676 Å². The Morgan fingerprint density at radius 3 is 1.47 bits per heavy atom. The lowest BCUT2D eigenvalue weighted by Crippen LogP contribution is -2.47. The number of anilines is 1. The van der Waals surface area contributed by atoms with E-state index in [1.165, 1.54) is 61.2 Å². The SMILES string of the molecule is C.C=CCc1ccccc1Br.C=CCc1ccccc1CCO.C=C[C@@H]1OCCc2ccccc21.CCOC(=O)CC(C)OCC.CCOC(=O)CC1OCCc2ccccc21.NS(=O)(=O)c1ccc(N2CCN(CC[C@@H]3OCCc4ccccc43)CC2)cc1.OCC[C@@H]1OCCc2ccccc21.OCCc1ccccc1. The van der Waals surface area contributed by atoms with Crippen molar-refractivity contribution >= 4 is 43.6 Å². The Balaban J connectivity index is 0.000000236. The molecule has 5 aliphatic rings. The monoisotopic (exact) mass is 1620 g/mol. The second kappa shape index (κ2) is 54.5. The molecule has 606 valence electrons. The second-order valence-electron chi connectivity index (χ2n) is 26.6. The molecule has 0 aromatic heterocycles. The van der Waals surface area contributed by atoms with Crippen LogP contribution in [-0.4, -0.2) is 145 Å². The predicted octanol–water partition coefficient (Wildman–Crippen LogP) is 16.9. The summed E-state index contributed by atoms with van der Waals surface area (Å²) in [4.78, 5) is 27.2. The van der Waals surface area contributed by atoms with Crippen LogP contribution >= 0.6 is 15.9 Å². The minimum atomic E-state index is -3.64. The summed E-state index contributed by atoms with van der Waals surface area (Å²) in [5, 5.41) is 31.3. The standard InChI is InChI=1S/C21H27N3O3S.C13H16O3.C11H14O2.C11H12O.C11H14O.C9H9Br.C8H16O3.C8H10O.CH4/c22-28(25,26)19-7-5-18(6-8-19)24-14-12-23(13-15-24)11-9-21-20-4-2-1-3-17(20)10-16-27-21;1-2-15-13(14)9-12-11-6-4-3-5-10(11)7-8-16-12;12-7-5-11-10-4-2-1-3-9(10)6-8-13-11;1-2-11-10-6-4-3-5-9(10)7-8-12-11;1-2-5-10-6-3-4-7-11(10)8-9-12;1-2-5-8-6-3-4-7-9(8)10;1-4-10-7(3)6-8(9)11-5-2;9-7-6-8-4-2-1-3-5-8;/h1-8,21H,9-16H2,(H2,22,25,26);3-6,12H,2,7-9H2,1H3;1-4,11-12H,5-8H2;2-6,11H,1,7-8H2;2-4,6-7,12H,1,5,8-9H2;2-4,6-7H,1,5H2;7H,4-6H2,1-3H3;1-5,9H,6-7H2;1H4/t21-;;2*11-;;;;;/m0.00...../s1. The van der Waals surface area contributed by atoms with Crippen LogP contribution in [0.3, 0.4) is 0 Å². The molecule has 1 saturated heterocycles. The number of allylic oxidation sites excluding steroid dienone is 2. The summed E-state index contributed by atoms with van der Waals surface area (Å²) < 4.78 is 61.5. The Kier molecular flexibility index (Phi) is 45.9. The number of carbonyl (C=O) groups excluding carboxylic acids is 2. The van der Waals surface area contributed by atoms with E-state index in [9.17, 15) is 18.0 Å². The first-order valence-electron chi connectivity index (χ1n) is 38.8. The van der Waals surface area contributed by atoms with Crippen LogP contribution in [0.5, 0.6) is 0 Å². The van der Waals surface area contributed by atoms with E-state index < -0.39 is 10.0 Å². The molecule has 112 heavy (non-hydrogen) atoms. The summed E-state index contributed by atoms with van der Waals surface area (Å²) in [5.41, 5.74) is 16.5. The van der Waals surface area contributed by atoms with Gasteiger partial charge in [-0.1, -0.05) is 211 Å². The van der Waals surface area contributed by atoms with Gasteiger partial charge in [-0.05, 0) is 183 Å². The van der Waals surface area contributed by atoms with Gasteiger partial charge in [0.25, 0.3) is 0 Å². The number of esters is 2. The smallest absolute Gasteiger partial charge is 0.308 e. The van der Waals surface area contributed by atoms with E-state index in [0.717, 1.165) is 126 Å². The lowest BCUT2D eigenvalue weighted by molar-refractivity contribution is -0.147. The maximum Gasteiger partial charge on any atom is 0.308 e. The third-order valence-electron chi connectivity index (χ3n) is 18.8. The molecule has 8 aromatic rings. The van der Waals surface area contributed by atoms with E-state index in [-0.39, 0.29) is 74.6 Å². The van der Waals surface area contributed by atoms with Gasteiger partial charge < -0.3 is 53.4 Å². The van der Waals surface area contributed by atoms with Gasteiger partial charge >= 0.3 is 11.9 Å². The number of ether oxygens (including phenoxy) is 7. The Morgan fingerprint density at radius 2 is 0.973 bits per heavy atom. The molecule has 0 saturated carbocycles. The van der Waals surface area contributed by atoms with Crippen molar-refractivity contribution < 1.29 is 66.5 Å². The van der Waals surface area contributed by atoms with Crippen LogP contribution in [0.2, 0.25) is 0 Å². The quantitative estimate of drug-likeness (QED) is 0.0326. The zero-order valence-electron chi connectivity index (χ0n) is 65.5. The van der Waals surface area contributed by atoms with E-state index in [2.05, 4.69) is 130 Å². The van der Waals surface area contributed by atoms with Crippen molar-refractivity contribution in [3.8, 4) is 0 Å². The molecule has 19 heteroatoms. The molecule has 5 atom stereocenters. The molecule has 2 unspecified atom stereocenters. The van der Waals surface area contributed by atoms with E-state index in [0.29, 0.717) is 45.7 Å². The van der Waals surface area contributed by atoms with Crippen molar-refractivity contribution in [3.05, 3.63) is 309 Å². The number of rotatable bonds is 24. The summed E-state index contributed by atoms with van der Waals surface area (Å²) in [7, 11) is -3.64. The molecule has 0 aliphatic carbocycles. The zero-order valence-corrected chi connectivity index (χ0v) is 67.9. The van der Waals surface area contributed by atoms with Gasteiger partial charge in [0.15, 0.2) is 0 Å². The summed E-state index contributed by atoms with van der Waals surface area (Å²) >= 11 is 3.45. The Hall–Kier alpha value is -8.25. The summed E-state index contributed by atoms with van der Waals surface area (Å²) in [6, 6.07) is 66.5. The number of primary sulfonamides is 1. The number of nitrogens with zero attached hydrogens (tertiary/aromatic N) is 2. The molecule has 5 N–H and O–H groups in total. The predicted molar refractivity (Wildman–Crippen MR) is 455 cm³/mol. The van der Waals surface area contributed by atoms with Gasteiger partial charge in [-0.25, -0.2) is 13.6 Å². The van der Waals surface area contributed by atoms with Crippen LogP contribution in [0.15, 0.2) is 248 Å². The number of hydrogen-bond acceptors (Lipinski definition) is 16. The molecule has 0 spiro atoms. The third kappa shape index (κ3) is 33.8. The molecule has 8 aromatic carbocycles. The van der Waals surface area contributed by atoms with E-state index >= 15 is 0 Å². The number of halogens is 1. The highest BCUT2D eigenvalue weighted by molar-refractivity contribution is 9.10. The average Bonchev–Trinajstić information content (AvgIpc) is 0.837. The molecule has 5 heterocycles. The van der Waals surface area contributed by atoms with Gasteiger partial charge in [-0.2, -0.15) is 0 Å². The average molecular weight is 1620 g/mol. The first kappa shape index (κ1) is 94.3. The number of piperazine rings is 1. The number of hydrogen-bond donors (Lipinski definition) is 4. The fraction of sp³-hybridized carbons (Fsp3) is 0.398. The largest absolute Gasteiger partial charge is 0.466 e. The van der Waals surface area contributed by atoms with Crippen molar-refractivity contribution in [1.29, 1.82) is 0 Å². The van der Waals surface area contributed by atoms with Crippen molar-refractivity contribution in [1.82, 2.24) is 4.90 Å². The lowest BCUT2D eigenvalue weighted by Gasteiger charge is -2.37. The van der Waals surface area contributed by atoms with Gasteiger partial charge in [0.05, 0.1) is 81.8 Å². The number of benzene rings is 8. The number of aliphatic hydroxyl groups excluding tert-OH is 3. The highest BCUT2D eigenvalue weighted by Crippen LogP contribution is 2.33. The molecule has 0 radical (unpaired) electrons. The van der Waals surface area contributed by atoms with Crippen molar-refractivity contribution in [2.45, 2.75) is 148 Å². The molecule has 0 bridgehead atoms. The summed E-state index contributed by atoms with van der Waals surface area (Å²) in [5.74, 6) is -0.377. The van der Waals surface area contributed by atoms with Crippen molar-refractivity contribution in [3.63, 3.8) is 0 Å². The van der Waals surface area contributed by atoms with Crippen molar-refractivity contribution in [2.75, 3.05) is 104 Å². The number of sulfonamides is 1. The number of carbonyl (C=O) groups is 2. The summed E-state index contributed by atoms with van der Waals surface area (Å²) in [6.45, 7) is 28.6. The van der Waals surface area contributed by atoms with Crippen LogP contribution in [-0.2, 0) is 104 Å². The van der Waals surface area contributed by atoms with Gasteiger partial charge in [0.1, 0.15) is 6.10 Å². The second-order valence-corrected chi connectivity index (χ2v) is 29.0. The van der Waals surface area contributed by atoms with E-state index in [4.69, 9.17) is 53.6 Å². The fourth-order valence-corrected chi connectivity index (χ4v) is 14.2. The van der Waals surface area contributed by atoms with Gasteiger partial charge in [-0.3, -0.25) is 14.5 Å². The lowest BCUT2D eigenvalue weighted by atomic mass is 9.95. The third-order valence-corrected chi connectivity index (χ3v) is 20.5. The maximum atomic E-state index is 11.4. The fourth-order valence-electron chi connectivity index (χ4n) is 13.2. The maximum absolute atomic E-state index is 11.4. The van der Waals surface area contributed by atoms with Crippen LogP contribution in [0.4, 0.5) is 5.69 Å².